The van der Waals surface area contributed by atoms with Crippen molar-refractivity contribution in [2.75, 3.05) is 23.3 Å². The van der Waals surface area contributed by atoms with E-state index in [0.29, 0.717) is 34.8 Å². The third-order valence-electron chi connectivity index (χ3n) is 2.71. The van der Waals surface area contributed by atoms with E-state index in [1.165, 1.54) is 13.8 Å². The highest BCUT2D eigenvalue weighted by molar-refractivity contribution is 7.98. The molecule has 0 spiro atoms. The lowest BCUT2D eigenvalue weighted by Crippen LogP contribution is -2.08. The van der Waals surface area contributed by atoms with E-state index >= 15 is 0 Å². The predicted octanol–water partition coefficient (Wildman–Crippen LogP) is 4.48. The standard InChI is InChI=1S/C16H20Cl2O4S2/c1-11(19)21-15-7-14(10-24-6-4-18)16(22-12(2)20)8-13(15)9-23-5-3-17/h7-8H,3-6,9-10H2,1-2H3. The smallest absolute Gasteiger partial charge is 0.308 e. The van der Waals surface area contributed by atoms with E-state index in [0.717, 1.165) is 22.6 Å². The fourth-order valence-corrected chi connectivity index (χ4v) is 3.90. The Kier molecular flexibility index (Phi) is 10.7. The highest BCUT2D eigenvalue weighted by Gasteiger charge is 2.15. The molecule has 4 nitrogen and oxygen atoms in total. The number of rotatable bonds is 10. The molecule has 0 radical (unpaired) electrons. The van der Waals surface area contributed by atoms with Crippen LogP contribution in [-0.2, 0) is 21.1 Å². The summed E-state index contributed by atoms with van der Waals surface area (Å²) in [6.45, 7) is 2.72. The third kappa shape index (κ3) is 8.01. The van der Waals surface area contributed by atoms with Crippen LogP contribution < -0.4 is 9.47 Å². The Labute approximate surface area is 160 Å². The Morgan fingerprint density at radius 2 is 1.25 bits per heavy atom. The van der Waals surface area contributed by atoms with Gasteiger partial charge in [-0.2, -0.15) is 23.5 Å². The Morgan fingerprint density at radius 1 is 0.875 bits per heavy atom. The first kappa shape index (κ1) is 21.5. The first-order valence-electron chi connectivity index (χ1n) is 7.28. The zero-order valence-electron chi connectivity index (χ0n) is 13.6. The molecule has 0 aliphatic heterocycles. The summed E-state index contributed by atoms with van der Waals surface area (Å²) in [5.74, 6) is 4.04. The molecular formula is C16H20Cl2O4S2. The predicted molar refractivity (Wildman–Crippen MR) is 103 cm³/mol. The van der Waals surface area contributed by atoms with Gasteiger partial charge < -0.3 is 9.47 Å². The first-order valence-corrected chi connectivity index (χ1v) is 10.7. The number of ether oxygens (including phenoxy) is 2. The minimum absolute atomic E-state index is 0.391. The van der Waals surface area contributed by atoms with Crippen molar-refractivity contribution in [1.29, 1.82) is 0 Å². The zero-order chi connectivity index (χ0) is 17.9. The van der Waals surface area contributed by atoms with Crippen molar-refractivity contribution in [3.8, 4) is 11.5 Å². The molecule has 0 saturated carbocycles. The van der Waals surface area contributed by atoms with E-state index in [2.05, 4.69) is 0 Å². The van der Waals surface area contributed by atoms with Gasteiger partial charge in [0.1, 0.15) is 11.5 Å². The van der Waals surface area contributed by atoms with Crippen LogP contribution in [0.3, 0.4) is 0 Å². The summed E-state index contributed by atoms with van der Waals surface area (Å²) in [4.78, 5) is 22.7. The van der Waals surface area contributed by atoms with Gasteiger partial charge in [-0.1, -0.05) is 0 Å². The van der Waals surface area contributed by atoms with Gasteiger partial charge in [-0.25, -0.2) is 0 Å². The van der Waals surface area contributed by atoms with Crippen molar-refractivity contribution >= 4 is 58.7 Å². The molecule has 0 amide bonds. The highest BCUT2D eigenvalue weighted by Crippen LogP contribution is 2.34. The second kappa shape index (κ2) is 11.9. The Morgan fingerprint density at radius 3 is 1.54 bits per heavy atom. The summed E-state index contributed by atoms with van der Waals surface area (Å²) in [6.07, 6.45) is 0. The normalized spacial score (nSPS) is 10.5. The molecule has 0 saturated heterocycles. The maximum atomic E-state index is 11.4. The van der Waals surface area contributed by atoms with Crippen LogP contribution in [0.1, 0.15) is 25.0 Å². The van der Waals surface area contributed by atoms with Crippen LogP contribution in [-0.4, -0.2) is 35.2 Å². The van der Waals surface area contributed by atoms with Gasteiger partial charge in [-0.05, 0) is 12.1 Å². The number of hydrogen-bond donors (Lipinski definition) is 0. The number of thioether (sulfide) groups is 2. The molecular weight excluding hydrogens is 391 g/mol. The molecule has 0 bridgehead atoms. The minimum atomic E-state index is -0.391. The molecule has 0 aliphatic carbocycles. The number of carbonyl (C=O) groups is 2. The van der Waals surface area contributed by atoms with Crippen LogP contribution >= 0.6 is 46.7 Å². The molecule has 8 heteroatoms. The third-order valence-corrected chi connectivity index (χ3v) is 5.55. The lowest BCUT2D eigenvalue weighted by molar-refractivity contribution is -0.133. The summed E-state index contributed by atoms with van der Waals surface area (Å²) in [5, 5.41) is 0. The molecule has 0 atom stereocenters. The lowest BCUT2D eigenvalue weighted by Gasteiger charge is -2.15. The van der Waals surface area contributed by atoms with E-state index in [4.69, 9.17) is 32.7 Å². The van der Waals surface area contributed by atoms with Crippen molar-refractivity contribution < 1.29 is 19.1 Å². The van der Waals surface area contributed by atoms with Gasteiger partial charge in [0.2, 0.25) is 0 Å². The van der Waals surface area contributed by atoms with Crippen LogP contribution in [0.2, 0.25) is 0 Å². The largest absolute Gasteiger partial charge is 0.426 e. The molecule has 134 valence electrons. The quantitative estimate of drug-likeness (QED) is 0.245. The molecule has 1 aromatic carbocycles. The van der Waals surface area contributed by atoms with E-state index in [9.17, 15) is 9.59 Å². The van der Waals surface area contributed by atoms with Crippen molar-refractivity contribution in [2.24, 2.45) is 0 Å². The zero-order valence-corrected chi connectivity index (χ0v) is 16.7. The number of benzene rings is 1. The molecule has 0 unspecified atom stereocenters. The summed E-state index contributed by atoms with van der Waals surface area (Å²) < 4.78 is 10.6. The maximum absolute atomic E-state index is 11.4. The first-order chi connectivity index (χ1) is 11.5. The molecule has 1 aromatic rings. The lowest BCUT2D eigenvalue weighted by atomic mass is 10.1. The minimum Gasteiger partial charge on any atom is -0.426 e. The second-order valence-corrected chi connectivity index (χ2v) is 7.70. The summed E-state index contributed by atoms with van der Waals surface area (Å²) in [7, 11) is 0. The Hall–Kier alpha value is -0.560. The van der Waals surface area contributed by atoms with Crippen LogP contribution in [0.5, 0.6) is 11.5 Å². The second-order valence-electron chi connectivity index (χ2n) is 4.74. The number of hydrogen-bond acceptors (Lipinski definition) is 6. The van der Waals surface area contributed by atoms with Crippen LogP contribution in [0.4, 0.5) is 0 Å². The molecule has 0 heterocycles. The van der Waals surface area contributed by atoms with Crippen molar-refractivity contribution in [1.82, 2.24) is 0 Å². The van der Waals surface area contributed by atoms with Gasteiger partial charge in [-0.3, -0.25) is 9.59 Å². The van der Waals surface area contributed by atoms with Crippen LogP contribution in [0, 0.1) is 0 Å². The molecule has 1 rings (SSSR count). The number of halogens is 2. The van der Waals surface area contributed by atoms with Crippen molar-refractivity contribution in [2.45, 2.75) is 25.4 Å². The van der Waals surface area contributed by atoms with Crippen LogP contribution in [0.15, 0.2) is 12.1 Å². The molecule has 24 heavy (non-hydrogen) atoms. The number of esters is 2. The van der Waals surface area contributed by atoms with Gasteiger partial charge in [0.05, 0.1) is 0 Å². The molecule has 0 N–H and O–H groups in total. The molecule has 0 aromatic heterocycles. The average Bonchev–Trinajstić information content (AvgIpc) is 2.50. The van der Waals surface area contributed by atoms with Crippen molar-refractivity contribution in [3.63, 3.8) is 0 Å². The van der Waals surface area contributed by atoms with E-state index in [-0.39, 0.29) is 0 Å². The topological polar surface area (TPSA) is 52.6 Å². The van der Waals surface area contributed by atoms with Crippen molar-refractivity contribution in [3.05, 3.63) is 23.3 Å². The van der Waals surface area contributed by atoms with E-state index < -0.39 is 11.9 Å². The Bertz CT molecular complexity index is 518. The monoisotopic (exact) mass is 410 g/mol. The van der Waals surface area contributed by atoms with Gasteiger partial charge >= 0.3 is 11.9 Å². The number of carbonyl (C=O) groups excluding carboxylic acids is 2. The highest BCUT2D eigenvalue weighted by atomic mass is 35.5. The van der Waals surface area contributed by atoms with E-state index in [1.54, 1.807) is 35.7 Å². The summed E-state index contributed by atoms with van der Waals surface area (Å²) in [6, 6.07) is 3.52. The maximum Gasteiger partial charge on any atom is 0.308 e. The summed E-state index contributed by atoms with van der Waals surface area (Å²) in [5.41, 5.74) is 1.59. The average molecular weight is 411 g/mol. The van der Waals surface area contributed by atoms with E-state index in [1.807, 2.05) is 0 Å². The van der Waals surface area contributed by atoms with Gasteiger partial charge in [-0.15, -0.1) is 23.2 Å². The van der Waals surface area contributed by atoms with Gasteiger partial charge in [0, 0.05) is 59.7 Å². The fourth-order valence-electron chi connectivity index (χ4n) is 1.84. The fraction of sp³-hybridized carbons (Fsp3) is 0.500. The van der Waals surface area contributed by atoms with Crippen LogP contribution in [0.25, 0.3) is 0 Å². The molecule has 0 fully saturated rings. The Balaban J connectivity index is 3.13. The number of alkyl halides is 2. The summed E-state index contributed by atoms with van der Waals surface area (Å²) >= 11 is 14.6. The molecule has 0 aliphatic rings. The van der Waals surface area contributed by atoms with Gasteiger partial charge in [0.25, 0.3) is 0 Å². The SMILES string of the molecule is CC(=O)Oc1cc(CSCCCl)c(OC(C)=O)cc1CSCCCl. The van der Waals surface area contributed by atoms with Gasteiger partial charge in [0.15, 0.2) is 0 Å².